The summed E-state index contributed by atoms with van der Waals surface area (Å²) in [5, 5.41) is 0.662. The molecule has 0 spiro atoms. The van der Waals surface area contributed by atoms with Gasteiger partial charge in [0.05, 0.1) is 17.4 Å². The fraction of sp³-hybridized carbons (Fsp3) is 0.0714. The zero-order valence-electron chi connectivity index (χ0n) is 10.7. The third-order valence-corrected chi connectivity index (χ3v) is 4.71. The minimum Gasteiger partial charge on any atom is -0.496 e. The summed E-state index contributed by atoms with van der Waals surface area (Å²) in [4.78, 5) is 4.37. The molecule has 0 amide bonds. The lowest BCUT2D eigenvalue weighted by atomic mass is 10.3. The zero-order valence-corrected chi connectivity index (χ0v) is 11.5. The summed E-state index contributed by atoms with van der Waals surface area (Å²) in [6.07, 6.45) is 3.01. The molecule has 0 N–H and O–H groups in total. The first-order valence-corrected chi connectivity index (χ1v) is 7.39. The molecule has 20 heavy (non-hydrogen) atoms. The van der Waals surface area contributed by atoms with Crippen LogP contribution in [0.15, 0.2) is 59.8 Å². The molecule has 0 aliphatic heterocycles. The van der Waals surface area contributed by atoms with Crippen molar-refractivity contribution in [3.8, 4) is 5.75 Å². The van der Waals surface area contributed by atoms with E-state index in [4.69, 9.17) is 4.74 Å². The fourth-order valence-electron chi connectivity index (χ4n) is 2.07. The number of hydrogen-bond acceptors (Lipinski definition) is 4. The highest BCUT2D eigenvalue weighted by molar-refractivity contribution is 7.90. The molecule has 0 fully saturated rings. The van der Waals surface area contributed by atoms with Crippen molar-refractivity contribution < 1.29 is 13.2 Å². The molecule has 0 aliphatic carbocycles. The number of pyridine rings is 1. The maximum absolute atomic E-state index is 12.6. The van der Waals surface area contributed by atoms with E-state index in [0.29, 0.717) is 16.8 Å². The summed E-state index contributed by atoms with van der Waals surface area (Å²) in [6, 6.07) is 11.6. The number of methoxy groups -OCH3 is 1. The van der Waals surface area contributed by atoms with Gasteiger partial charge < -0.3 is 4.74 Å². The van der Waals surface area contributed by atoms with Crippen LogP contribution in [0.2, 0.25) is 0 Å². The molecular weight excluding hydrogens is 276 g/mol. The molecule has 6 heteroatoms. The van der Waals surface area contributed by atoms with Gasteiger partial charge in [-0.05, 0) is 24.3 Å². The lowest BCUT2D eigenvalue weighted by Gasteiger charge is -2.07. The Hall–Kier alpha value is -2.34. The summed E-state index contributed by atoms with van der Waals surface area (Å²) < 4.78 is 31.6. The molecular formula is C14H12N2O3S. The van der Waals surface area contributed by atoms with Crippen LogP contribution in [0.5, 0.6) is 5.75 Å². The van der Waals surface area contributed by atoms with Crippen molar-refractivity contribution in [3.05, 3.63) is 54.9 Å². The van der Waals surface area contributed by atoms with Crippen LogP contribution < -0.4 is 4.74 Å². The molecule has 0 saturated heterocycles. The average Bonchev–Trinajstić information content (AvgIpc) is 2.92. The molecule has 0 aliphatic rings. The van der Waals surface area contributed by atoms with Crippen molar-refractivity contribution in [2.24, 2.45) is 0 Å². The Morgan fingerprint density at radius 2 is 1.85 bits per heavy atom. The van der Waals surface area contributed by atoms with Gasteiger partial charge in [-0.15, -0.1) is 0 Å². The fourth-order valence-corrected chi connectivity index (χ4v) is 3.39. The molecule has 3 rings (SSSR count). The number of hydrogen-bond donors (Lipinski definition) is 0. The van der Waals surface area contributed by atoms with E-state index in [-0.39, 0.29) is 4.90 Å². The number of rotatable bonds is 3. The van der Waals surface area contributed by atoms with Crippen LogP contribution in [-0.2, 0) is 10.0 Å². The number of ether oxygens (including phenoxy) is 1. The summed E-state index contributed by atoms with van der Waals surface area (Å²) in [5.74, 6) is 0.594. The molecule has 1 aromatic carbocycles. The average molecular weight is 288 g/mol. The highest BCUT2D eigenvalue weighted by atomic mass is 32.2. The van der Waals surface area contributed by atoms with E-state index >= 15 is 0 Å². The Kier molecular flexibility index (Phi) is 2.94. The quantitative estimate of drug-likeness (QED) is 0.742. The van der Waals surface area contributed by atoms with E-state index < -0.39 is 10.0 Å². The van der Waals surface area contributed by atoms with Crippen molar-refractivity contribution in [1.82, 2.24) is 8.96 Å². The second kappa shape index (κ2) is 4.64. The maximum Gasteiger partial charge on any atom is 0.269 e. The van der Waals surface area contributed by atoms with Gasteiger partial charge in [0.25, 0.3) is 10.0 Å². The van der Waals surface area contributed by atoms with Gasteiger partial charge in [-0.1, -0.05) is 18.2 Å². The van der Waals surface area contributed by atoms with Gasteiger partial charge in [0.2, 0.25) is 0 Å². The Labute approximate surface area is 116 Å². The Bertz CT molecular complexity index is 855. The number of benzene rings is 1. The van der Waals surface area contributed by atoms with Gasteiger partial charge in [-0.2, -0.15) is 0 Å². The molecule has 0 unspecified atom stereocenters. The van der Waals surface area contributed by atoms with Crippen LogP contribution in [-0.4, -0.2) is 24.5 Å². The third-order valence-electron chi connectivity index (χ3n) is 3.03. The van der Waals surface area contributed by atoms with Crippen LogP contribution >= 0.6 is 0 Å². The van der Waals surface area contributed by atoms with Crippen LogP contribution in [0.3, 0.4) is 0 Å². The Balaban J connectivity index is 2.26. The standard InChI is InChI=1S/C14H12N2O3S/c1-19-13-7-9-15-14-12(13)8-10-16(14)20(17,18)11-5-3-2-4-6-11/h2-10H,1H3. The predicted octanol–water partition coefficient (Wildman–Crippen LogP) is 2.28. The highest BCUT2D eigenvalue weighted by Gasteiger charge is 2.20. The minimum absolute atomic E-state index is 0.224. The molecule has 2 aromatic heterocycles. The first-order chi connectivity index (χ1) is 9.64. The Morgan fingerprint density at radius 1 is 1.10 bits per heavy atom. The van der Waals surface area contributed by atoms with Gasteiger partial charge in [-0.3, -0.25) is 0 Å². The molecule has 3 aromatic rings. The largest absolute Gasteiger partial charge is 0.496 e. The minimum atomic E-state index is -3.65. The molecule has 102 valence electrons. The summed E-state index contributed by atoms with van der Waals surface area (Å²) in [5.41, 5.74) is 0.355. The van der Waals surface area contributed by atoms with Gasteiger partial charge in [0.1, 0.15) is 5.75 Å². The molecule has 0 saturated carbocycles. The highest BCUT2D eigenvalue weighted by Crippen LogP contribution is 2.27. The lowest BCUT2D eigenvalue weighted by Crippen LogP contribution is -2.12. The first kappa shape index (κ1) is 12.7. The molecule has 0 radical (unpaired) electrons. The smallest absolute Gasteiger partial charge is 0.269 e. The van der Waals surface area contributed by atoms with Gasteiger partial charge in [0, 0.05) is 12.4 Å². The predicted molar refractivity (Wildman–Crippen MR) is 75.3 cm³/mol. The second-order valence-electron chi connectivity index (χ2n) is 4.18. The number of fused-ring (bicyclic) bond motifs is 1. The summed E-state index contributed by atoms with van der Waals surface area (Å²) in [7, 11) is -2.11. The van der Waals surface area contributed by atoms with Crippen LogP contribution in [0, 0.1) is 0 Å². The lowest BCUT2D eigenvalue weighted by molar-refractivity contribution is 0.419. The number of aromatic nitrogens is 2. The zero-order chi connectivity index (χ0) is 14.2. The molecule has 2 heterocycles. The SMILES string of the molecule is COc1ccnc2c1ccn2S(=O)(=O)c1ccccc1. The van der Waals surface area contributed by atoms with Crippen molar-refractivity contribution >= 4 is 21.1 Å². The first-order valence-electron chi connectivity index (χ1n) is 5.95. The van der Waals surface area contributed by atoms with Crippen molar-refractivity contribution in [2.45, 2.75) is 4.90 Å². The molecule has 0 atom stereocenters. The third kappa shape index (κ3) is 1.85. The van der Waals surface area contributed by atoms with Gasteiger partial charge >= 0.3 is 0 Å². The summed E-state index contributed by atoms with van der Waals surface area (Å²) >= 11 is 0. The second-order valence-corrected chi connectivity index (χ2v) is 6.00. The van der Waals surface area contributed by atoms with E-state index in [1.54, 1.807) is 42.5 Å². The molecule has 0 bridgehead atoms. The van der Waals surface area contributed by atoms with Crippen LogP contribution in [0.1, 0.15) is 0 Å². The van der Waals surface area contributed by atoms with E-state index in [0.717, 1.165) is 0 Å². The summed E-state index contributed by atoms with van der Waals surface area (Å²) in [6.45, 7) is 0. The van der Waals surface area contributed by atoms with Crippen LogP contribution in [0.4, 0.5) is 0 Å². The van der Waals surface area contributed by atoms with Gasteiger partial charge in [0.15, 0.2) is 5.65 Å². The normalized spacial score (nSPS) is 11.7. The van der Waals surface area contributed by atoms with E-state index in [9.17, 15) is 8.42 Å². The van der Waals surface area contributed by atoms with Crippen molar-refractivity contribution in [2.75, 3.05) is 7.11 Å². The van der Waals surface area contributed by atoms with E-state index in [1.165, 1.54) is 23.5 Å². The van der Waals surface area contributed by atoms with Crippen LogP contribution in [0.25, 0.3) is 11.0 Å². The topological polar surface area (TPSA) is 61.2 Å². The molecule has 5 nitrogen and oxygen atoms in total. The maximum atomic E-state index is 12.6. The van der Waals surface area contributed by atoms with E-state index in [2.05, 4.69) is 4.98 Å². The number of nitrogens with zero attached hydrogens (tertiary/aromatic N) is 2. The Morgan fingerprint density at radius 3 is 2.55 bits per heavy atom. The van der Waals surface area contributed by atoms with Crippen molar-refractivity contribution in [3.63, 3.8) is 0 Å². The van der Waals surface area contributed by atoms with E-state index in [1.807, 2.05) is 0 Å². The van der Waals surface area contributed by atoms with Crippen molar-refractivity contribution in [1.29, 1.82) is 0 Å². The monoisotopic (exact) mass is 288 g/mol. The van der Waals surface area contributed by atoms with Gasteiger partial charge in [-0.25, -0.2) is 17.4 Å².